The van der Waals surface area contributed by atoms with Crippen molar-refractivity contribution in [3.63, 3.8) is 0 Å². The van der Waals surface area contributed by atoms with Gasteiger partial charge in [0.1, 0.15) is 23.3 Å². The van der Waals surface area contributed by atoms with Crippen molar-refractivity contribution in [2.45, 2.75) is 27.7 Å². The van der Waals surface area contributed by atoms with Crippen molar-refractivity contribution in [2.75, 3.05) is 0 Å². The normalized spacial score (nSPS) is 11.5. The molecule has 0 aliphatic heterocycles. The van der Waals surface area contributed by atoms with Gasteiger partial charge < -0.3 is 9.13 Å². The summed E-state index contributed by atoms with van der Waals surface area (Å²) in [4.78, 5) is 43.2. The van der Waals surface area contributed by atoms with E-state index in [4.69, 9.17) is 34.9 Å². The van der Waals surface area contributed by atoms with Gasteiger partial charge in [0.25, 0.3) is 0 Å². The molecule has 0 saturated carbocycles. The number of nitrogens with zero attached hydrogens (tertiary/aromatic N) is 12. The fourth-order valence-electron chi connectivity index (χ4n) is 10.3. The summed E-state index contributed by atoms with van der Waals surface area (Å²) in [5.41, 5.74) is 12.3. The highest BCUT2D eigenvalue weighted by Crippen LogP contribution is 2.43. The zero-order valence-corrected chi connectivity index (χ0v) is 40.7. The number of aromatic nitrogens is 11. The molecule has 0 unspecified atom stereocenters. The minimum absolute atomic E-state index is 0.516. The average molecular weight is 955 g/mol. The Kier molecular flexibility index (Phi) is 10.4. The molecule has 74 heavy (non-hydrogen) atoms. The molecule has 0 N–H and O–H groups in total. The highest BCUT2D eigenvalue weighted by molar-refractivity contribution is 6.12. The maximum Gasteiger partial charge on any atom is 0.164 e. The van der Waals surface area contributed by atoms with Crippen LogP contribution in [0.5, 0.6) is 0 Å². The highest BCUT2D eigenvalue weighted by atomic mass is 15.1. The number of rotatable bonds is 8. The van der Waals surface area contributed by atoms with Crippen molar-refractivity contribution < 1.29 is 0 Å². The molecular formula is C62H42N12. The number of para-hydroxylation sites is 2. The molecule has 12 heteroatoms. The van der Waals surface area contributed by atoms with Gasteiger partial charge in [0.05, 0.1) is 45.1 Å². The summed E-state index contributed by atoms with van der Waals surface area (Å²) in [7, 11) is 0. The first kappa shape index (κ1) is 43.9. The van der Waals surface area contributed by atoms with Gasteiger partial charge in [-0.25, -0.2) is 44.9 Å². The topological polar surface area (TPSA) is 150 Å². The van der Waals surface area contributed by atoms with E-state index in [1.165, 1.54) is 0 Å². The largest absolute Gasteiger partial charge is 0.309 e. The van der Waals surface area contributed by atoms with Gasteiger partial charge in [-0.05, 0) is 100 Å². The smallest absolute Gasteiger partial charge is 0.164 e. The van der Waals surface area contributed by atoms with Crippen LogP contribution < -0.4 is 0 Å². The Labute approximate surface area is 425 Å². The molecule has 0 aliphatic carbocycles. The van der Waals surface area contributed by atoms with Crippen LogP contribution in [0.3, 0.4) is 0 Å². The first-order valence-corrected chi connectivity index (χ1v) is 24.3. The van der Waals surface area contributed by atoms with Crippen LogP contribution in [0.1, 0.15) is 28.9 Å². The van der Waals surface area contributed by atoms with Gasteiger partial charge in [-0.15, -0.1) is 0 Å². The van der Waals surface area contributed by atoms with E-state index in [1.807, 2.05) is 100 Å². The van der Waals surface area contributed by atoms with Crippen LogP contribution >= 0.6 is 0 Å². The second-order valence-corrected chi connectivity index (χ2v) is 18.3. The van der Waals surface area contributed by atoms with Crippen molar-refractivity contribution in [3.05, 3.63) is 211 Å². The third kappa shape index (κ3) is 7.59. The third-order valence-corrected chi connectivity index (χ3v) is 13.4. The summed E-state index contributed by atoms with van der Waals surface area (Å²) >= 11 is 0. The van der Waals surface area contributed by atoms with Crippen molar-refractivity contribution in [1.29, 1.82) is 5.26 Å². The Morgan fingerprint density at radius 3 is 1.22 bits per heavy atom. The fraction of sp³-hybridized carbons (Fsp3) is 0.0645. The summed E-state index contributed by atoms with van der Waals surface area (Å²) < 4.78 is 4.61. The second kappa shape index (κ2) is 17.6. The Morgan fingerprint density at radius 1 is 0.311 bits per heavy atom. The van der Waals surface area contributed by atoms with Gasteiger partial charge in [0.2, 0.25) is 0 Å². The molecule has 0 amide bonds. The Morgan fingerprint density at radius 2 is 0.716 bits per heavy atom. The van der Waals surface area contributed by atoms with E-state index in [2.05, 4.69) is 134 Å². The van der Waals surface area contributed by atoms with Crippen molar-refractivity contribution in [1.82, 2.24) is 54.0 Å². The maximum absolute atomic E-state index is 10.7. The monoisotopic (exact) mass is 954 g/mol. The van der Waals surface area contributed by atoms with Gasteiger partial charge in [0, 0.05) is 60.5 Å². The van der Waals surface area contributed by atoms with Gasteiger partial charge >= 0.3 is 0 Å². The molecule has 0 atom stereocenters. The van der Waals surface area contributed by atoms with E-state index in [0.29, 0.717) is 58.0 Å². The molecule has 13 aromatic rings. The average Bonchev–Trinajstić information content (AvgIpc) is 3.94. The van der Waals surface area contributed by atoms with Gasteiger partial charge in [-0.3, -0.25) is 0 Å². The lowest BCUT2D eigenvalue weighted by Gasteiger charge is -2.20. The molecular weight excluding hydrogens is 913 g/mol. The van der Waals surface area contributed by atoms with Crippen LogP contribution in [0.25, 0.3) is 123 Å². The molecule has 5 heterocycles. The molecule has 0 aliphatic rings. The molecule has 13 rings (SSSR count). The number of benzene rings is 8. The highest BCUT2D eigenvalue weighted by Gasteiger charge is 2.24. The van der Waals surface area contributed by atoms with Crippen molar-refractivity contribution in [3.8, 4) is 85.5 Å². The fourth-order valence-corrected chi connectivity index (χ4v) is 10.3. The Hall–Kier alpha value is -10.1. The lowest BCUT2D eigenvalue weighted by Crippen LogP contribution is -2.04. The quantitative estimate of drug-likeness (QED) is 0.144. The van der Waals surface area contributed by atoms with Crippen molar-refractivity contribution in [2.24, 2.45) is 0 Å². The predicted molar refractivity (Wildman–Crippen MR) is 292 cm³/mol. The maximum atomic E-state index is 10.7. The number of fused-ring (bicyclic) bond motifs is 6. The Balaban J connectivity index is 1.10. The van der Waals surface area contributed by atoms with Crippen LogP contribution in [0.4, 0.5) is 0 Å². The third-order valence-electron chi connectivity index (χ3n) is 13.4. The number of aryl methyl sites for hydroxylation is 4. The van der Waals surface area contributed by atoms with E-state index in [0.717, 1.165) is 93.9 Å². The summed E-state index contributed by atoms with van der Waals surface area (Å²) in [6.07, 6.45) is 0. The number of hydrogen-bond acceptors (Lipinski definition) is 10. The van der Waals surface area contributed by atoms with E-state index in [-0.39, 0.29) is 0 Å². The zero-order valence-electron chi connectivity index (χ0n) is 40.7. The summed E-state index contributed by atoms with van der Waals surface area (Å²) in [5, 5.41) is 14.8. The number of nitriles is 1. The van der Waals surface area contributed by atoms with Crippen LogP contribution in [0, 0.1) is 39.0 Å². The Bertz CT molecular complexity index is 4340. The molecule has 350 valence electrons. The summed E-state index contributed by atoms with van der Waals surface area (Å²) in [5.74, 6) is 5.53. The molecule has 0 spiro atoms. The van der Waals surface area contributed by atoms with E-state index < -0.39 is 0 Å². The first-order valence-electron chi connectivity index (χ1n) is 24.3. The summed E-state index contributed by atoms with van der Waals surface area (Å²) in [6.45, 7) is 7.56. The lowest BCUT2D eigenvalue weighted by molar-refractivity contribution is 0.928. The van der Waals surface area contributed by atoms with Crippen molar-refractivity contribution >= 4 is 43.6 Å². The van der Waals surface area contributed by atoms with Gasteiger partial charge in [-0.1, -0.05) is 109 Å². The van der Waals surface area contributed by atoms with Crippen LogP contribution in [-0.4, -0.2) is 54.0 Å². The second-order valence-electron chi connectivity index (χ2n) is 18.3. The molecule has 8 aromatic carbocycles. The molecule has 0 saturated heterocycles. The van der Waals surface area contributed by atoms with Crippen LogP contribution in [0.2, 0.25) is 0 Å². The molecule has 0 fully saturated rings. The molecule has 5 aromatic heterocycles. The number of hydrogen-bond donors (Lipinski definition) is 0. The van der Waals surface area contributed by atoms with Gasteiger partial charge in [-0.2, -0.15) is 5.26 Å². The summed E-state index contributed by atoms with van der Waals surface area (Å²) in [6, 6.07) is 64.5. The molecule has 12 nitrogen and oxygen atoms in total. The van der Waals surface area contributed by atoms with E-state index >= 15 is 0 Å². The molecule has 0 bridgehead atoms. The minimum atomic E-state index is 0.516. The van der Waals surface area contributed by atoms with E-state index in [1.54, 1.807) is 0 Å². The lowest BCUT2D eigenvalue weighted by atomic mass is 9.96. The predicted octanol–water partition coefficient (Wildman–Crippen LogP) is 13.5. The zero-order chi connectivity index (χ0) is 50.0. The molecule has 0 radical (unpaired) electrons. The SMILES string of the molecule is Cc1nc(C)nc(-c2ccc3c(c2)c2ccccc2n3-c2ccc(C#N)cc2-c2ccc(-c3nc(-c4ccccc4)nc(-c4ccccc4)n3)cc2-n2c3ccccc3c3cc(-c4nc(C)nc(C)n4)ccc32)n1. The van der Waals surface area contributed by atoms with E-state index in [9.17, 15) is 5.26 Å². The standard InChI is InChI=1S/C62H42N12/c1-36-64-37(2)67-60(66-36)43-25-29-55-50(32-43)46-19-11-13-21-52(46)73(55)54-28-23-40(35-63)31-49(54)48-27-24-45(62-71-58(41-15-7-5-8-16-41)70-59(72-62)42-17-9-6-10-18-42)34-57(48)74-53-22-14-12-20-47(53)51-33-44(26-30-56(51)74)61-68-38(3)65-39(4)69-61/h5-34H,1-4H3. The van der Waals surface area contributed by atoms with Crippen LogP contribution in [0.15, 0.2) is 182 Å². The van der Waals surface area contributed by atoms with Crippen LogP contribution in [-0.2, 0) is 0 Å². The first-order chi connectivity index (χ1) is 36.2. The van der Waals surface area contributed by atoms with Gasteiger partial charge in [0.15, 0.2) is 29.1 Å². The minimum Gasteiger partial charge on any atom is -0.309 e.